The first-order chi connectivity index (χ1) is 11.7. The summed E-state index contributed by atoms with van der Waals surface area (Å²) >= 11 is 0. The number of aromatic nitrogens is 3. The van der Waals surface area contributed by atoms with E-state index in [4.69, 9.17) is 4.74 Å². The molecule has 0 bridgehead atoms. The fourth-order valence-corrected chi connectivity index (χ4v) is 2.68. The second kappa shape index (κ2) is 7.12. The number of carbonyl (C=O) groups excluding carboxylic acids is 2. The number of amides is 2. The van der Waals surface area contributed by atoms with Crippen LogP contribution in [0.25, 0.3) is 5.82 Å². The Morgan fingerprint density at radius 3 is 2.75 bits per heavy atom. The summed E-state index contributed by atoms with van der Waals surface area (Å²) in [6.45, 7) is 1.14. The first kappa shape index (κ1) is 16.0. The van der Waals surface area contributed by atoms with Crippen molar-refractivity contribution >= 4 is 12.0 Å². The largest absolute Gasteiger partial charge is 0.453 e. The molecule has 0 saturated carbocycles. The lowest BCUT2D eigenvalue weighted by Gasteiger charge is -2.31. The summed E-state index contributed by atoms with van der Waals surface area (Å²) in [7, 11) is 1.37. The van der Waals surface area contributed by atoms with E-state index in [1.165, 1.54) is 7.11 Å². The lowest BCUT2D eigenvalue weighted by Crippen LogP contribution is -2.46. The molecule has 0 atom stereocenters. The molecule has 1 N–H and O–H groups in total. The van der Waals surface area contributed by atoms with Crippen LogP contribution in [0.4, 0.5) is 4.79 Å². The molecule has 0 spiro atoms. The van der Waals surface area contributed by atoms with Crippen LogP contribution in [-0.4, -0.2) is 57.7 Å². The van der Waals surface area contributed by atoms with Gasteiger partial charge in [0.05, 0.1) is 7.11 Å². The van der Waals surface area contributed by atoms with Crippen LogP contribution in [-0.2, 0) is 4.74 Å². The molecule has 2 amide bonds. The Morgan fingerprint density at radius 2 is 2.08 bits per heavy atom. The standard InChI is InChI=1S/C16H19N5O3/c1-24-16(23)20-8-5-12(6-9-20)18-15(22)13-3-2-4-14(19-13)21-10-7-17-11-21/h2-4,7,10-12H,5-6,8-9H2,1H3,(H,18,22). The van der Waals surface area contributed by atoms with Gasteiger partial charge in [-0.15, -0.1) is 0 Å². The molecule has 3 heterocycles. The highest BCUT2D eigenvalue weighted by molar-refractivity contribution is 5.92. The number of carbonyl (C=O) groups is 2. The number of ether oxygens (including phenoxy) is 1. The molecule has 8 nitrogen and oxygen atoms in total. The number of rotatable bonds is 3. The maximum atomic E-state index is 12.4. The molecule has 0 aliphatic carbocycles. The molecule has 3 rings (SSSR count). The molecule has 1 fully saturated rings. The number of pyridine rings is 1. The van der Waals surface area contributed by atoms with E-state index >= 15 is 0 Å². The third-order valence-corrected chi connectivity index (χ3v) is 4.00. The molecular weight excluding hydrogens is 310 g/mol. The van der Waals surface area contributed by atoms with Gasteiger partial charge in [0.15, 0.2) is 0 Å². The highest BCUT2D eigenvalue weighted by atomic mass is 16.5. The number of hydrogen-bond donors (Lipinski definition) is 1. The zero-order chi connectivity index (χ0) is 16.9. The minimum Gasteiger partial charge on any atom is -0.453 e. The smallest absolute Gasteiger partial charge is 0.409 e. The molecule has 1 aliphatic rings. The zero-order valence-electron chi connectivity index (χ0n) is 13.4. The van der Waals surface area contributed by atoms with Gasteiger partial charge in [0, 0.05) is 31.5 Å². The van der Waals surface area contributed by atoms with Crippen molar-refractivity contribution in [1.29, 1.82) is 0 Å². The van der Waals surface area contributed by atoms with E-state index in [0.717, 1.165) is 0 Å². The lowest BCUT2D eigenvalue weighted by molar-refractivity contribution is 0.0887. The quantitative estimate of drug-likeness (QED) is 0.915. The van der Waals surface area contributed by atoms with Crippen molar-refractivity contribution in [2.24, 2.45) is 0 Å². The number of hydrogen-bond acceptors (Lipinski definition) is 5. The van der Waals surface area contributed by atoms with Crippen LogP contribution in [0.3, 0.4) is 0 Å². The van der Waals surface area contributed by atoms with E-state index < -0.39 is 0 Å². The Labute approximate surface area is 139 Å². The van der Waals surface area contributed by atoms with Gasteiger partial charge in [-0.1, -0.05) is 6.07 Å². The maximum absolute atomic E-state index is 12.4. The first-order valence-electron chi connectivity index (χ1n) is 7.76. The van der Waals surface area contributed by atoms with Gasteiger partial charge in [-0.05, 0) is 25.0 Å². The number of imidazole rings is 1. The van der Waals surface area contributed by atoms with Crippen LogP contribution in [0.1, 0.15) is 23.3 Å². The zero-order valence-corrected chi connectivity index (χ0v) is 13.4. The highest BCUT2D eigenvalue weighted by Crippen LogP contribution is 2.12. The van der Waals surface area contributed by atoms with Crippen molar-refractivity contribution in [1.82, 2.24) is 24.8 Å². The fraction of sp³-hybridized carbons (Fsp3) is 0.375. The van der Waals surface area contributed by atoms with Crippen LogP contribution in [0, 0.1) is 0 Å². The van der Waals surface area contributed by atoms with Crippen molar-refractivity contribution < 1.29 is 14.3 Å². The van der Waals surface area contributed by atoms with Gasteiger partial charge in [0.25, 0.3) is 5.91 Å². The number of piperidine rings is 1. The monoisotopic (exact) mass is 329 g/mol. The van der Waals surface area contributed by atoms with E-state index in [2.05, 4.69) is 15.3 Å². The Hall–Kier alpha value is -2.90. The second-order valence-electron chi connectivity index (χ2n) is 5.56. The summed E-state index contributed by atoms with van der Waals surface area (Å²) in [5.74, 6) is 0.425. The number of nitrogens with one attached hydrogen (secondary N) is 1. The summed E-state index contributed by atoms with van der Waals surface area (Å²) in [4.78, 5) is 33.8. The summed E-state index contributed by atoms with van der Waals surface area (Å²) in [6, 6.07) is 5.31. The van der Waals surface area contributed by atoms with Gasteiger partial charge in [0.1, 0.15) is 17.8 Å². The predicted octanol–water partition coefficient (Wildman–Crippen LogP) is 1.23. The summed E-state index contributed by atoms with van der Waals surface area (Å²) in [5, 5.41) is 2.98. The SMILES string of the molecule is COC(=O)N1CCC(NC(=O)c2cccc(-n3ccnc3)n2)CC1. The molecule has 1 aliphatic heterocycles. The van der Waals surface area contributed by atoms with Crippen molar-refractivity contribution in [2.75, 3.05) is 20.2 Å². The van der Waals surface area contributed by atoms with E-state index in [1.807, 2.05) is 6.07 Å². The fourth-order valence-electron chi connectivity index (χ4n) is 2.68. The van der Waals surface area contributed by atoms with Crippen molar-refractivity contribution in [3.05, 3.63) is 42.6 Å². The van der Waals surface area contributed by atoms with E-state index in [-0.39, 0.29) is 18.0 Å². The topological polar surface area (TPSA) is 89.4 Å². The maximum Gasteiger partial charge on any atom is 0.409 e. The number of nitrogens with zero attached hydrogens (tertiary/aromatic N) is 4. The van der Waals surface area contributed by atoms with Gasteiger partial charge < -0.3 is 15.0 Å². The number of methoxy groups -OCH3 is 1. The molecule has 0 unspecified atom stereocenters. The average molecular weight is 329 g/mol. The van der Waals surface area contributed by atoms with Crippen LogP contribution in [0.2, 0.25) is 0 Å². The molecule has 1 saturated heterocycles. The minimum absolute atomic E-state index is 0.0251. The van der Waals surface area contributed by atoms with Gasteiger partial charge in [0.2, 0.25) is 0 Å². The molecule has 24 heavy (non-hydrogen) atoms. The second-order valence-corrected chi connectivity index (χ2v) is 5.56. The van der Waals surface area contributed by atoms with Gasteiger partial charge in [-0.25, -0.2) is 14.8 Å². The Kier molecular flexibility index (Phi) is 4.74. The Balaban J connectivity index is 1.60. The van der Waals surface area contributed by atoms with Crippen LogP contribution in [0.15, 0.2) is 36.9 Å². The summed E-state index contributed by atoms with van der Waals surface area (Å²) in [5.41, 5.74) is 0.358. The molecule has 126 valence electrons. The molecule has 2 aromatic rings. The van der Waals surface area contributed by atoms with E-state index in [9.17, 15) is 9.59 Å². The van der Waals surface area contributed by atoms with Gasteiger partial charge in [-0.2, -0.15) is 0 Å². The summed E-state index contributed by atoms with van der Waals surface area (Å²) < 4.78 is 6.45. The molecule has 8 heteroatoms. The highest BCUT2D eigenvalue weighted by Gasteiger charge is 2.24. The Morgan fingerprint density at radius 1 is 1.29 bits per heavy atom. The molecule has 2 aromatic heterocycles. The average Bonchev–Trinajstić information content (AvgIpc) is 3.16. The first-order valence-corrected chi connectivity index (χ1v) is 7.76. The molecule has 0 aromatic carbocycles. The normalized spacial score (nSPS) is 15.1. The van der Waals surface area contributed by atoms with E-state index in [0.29, 0.717) is 37.4 Å². The minimum atomic E-state index is -0.325. The molecular formula is C16H19N5O3. The molecule has 0 radical (unpaired) electrons. The van der Waals surface area contributed by atoms with Gasteiger partial charge in [-0.3, -0.25) is 9.36 Å². The number of likely N-dealkylation sites (tertiary alicyclic amines) is 1. The lowest BCUT2D eigenvalue weighted by atomic mass is 10.1. The summed E-state index contributed by atoms with van der Waals surface area (Å²) in [6.07, 6.45) is 6.13. The van der Waals surface area contributed by atoms with Crippen LogP contribution >= 0.6 is 0 Å². The van der Waals surface area contributed by atoms with Crippen molar-refractivity contribution in [3.8, 4) is 5.82 Å². The third kappa shape index (κ3) is 3.53. The van der Waals surface area contributed by atoms with Crippen molar-refractivity contribution in [3.63, 3.8) is 0 Å². The Bertz CT molecular complexity index is 708. The van der Waals surface area contributed by atoms with Crippen LogP contribution in [0.5, 0.6) is 0 Å². The predicted molar refractivity (Wildman–Crippen MR) is 85.8 cm³/mol. The van der Waals surface area contributed by atoms with Crippen LogP contribution < -0.4 is 5.32 Å². The van der Waals surface area contributed by atoms with Crippen molar-refractivity contribution in [2.45, 2.75) is 18.9 Å². The third-order valence-electron chi connectivity index (χ3n) is 4.00. The van der Waals surface area contributed by atoms with E-state index in [1.54, 1.807) is 40.3 Å². The van der Waals surface area contributed by atoms with Gasteiger partial charge >= 0.3 is 6.09 Å².